The van der Waals surface area contributed by atoms with Gasteiger partial charge >= 0.3 is 5.69 Å². The van der Waals surface area contributed by atoms with Crippen molar-refractivity contribution < 1.29 is 14.1 Å². The Morgan fingerprint density at radius 2 is 2.00 bits per heavy atom. The van der Waals surface area contributed by atoms with E-state index in [1.54, 1.807) is 0 Å². The summed E-state index contributed by atoms with van der Waals surface area (Å²) in [5.74, 6) is -1.46. The number of fused-ring (bicyclic) bond motifs is 1. The lowest BCUT2D eigenvalue weighted by molar-refractivity contribution is -0.387. The Morgan fingerprint density at radius 1 is 1.25 bits per heavy atom. The second-order valence-electron chi connectivity index (χ2n) is 7.16. The Kier molecular flexibility index (Phi) is 5.78. The number of thiophene rings is 1. The predicted molar refractivity (Wildman–Crippen MR) is 120 cm³/mol. The molecule has 0 saturated heterocycles. The molecular formula is C22H17FN4O4S. The summed E-state index contributed by atoms with van der Waals surface area (Å²) in [4.78, 5) is 40.3. The SMILES string of the molecule is Cc1ccc(-c2csc3ncn(CCC(=O)Nc4ccc(F)c([N+](=O)[O-])c4)c(=O)c23)cc1. The van der Waals surface area contributed by atoms with E-state index in [9.17, 15) is 24.1 Å². The average Bonchev–Trinajstić information content (AvgIpc) is 3.20. The average molecular weight is 452 g/mol. The highest BCUT2D eigenvalue weighted by Gasteiger charge is 2.16. The normalized spacial score (nSPS) is 10.9. The number of nitro groups is 1. The van der Waals surface area contributed by atoms with Crippen LogP contribution in [0.15, 0.2) is 59.0 Å². The minimum atomic E-state index is -0.987. The maximum atomic E-state index is 13.4. The zero-order valence-electron chi connectivity index (χ0n) is 16.9. The number of benzene rings is 2. The van der Waals surface area contributed by atoms with Gasteiger partial charge in [0.25, 0.3) is 5.56 Å². The van der Waals surface area contributed by atoms with Gasteiger partial charge in [-0.2, -0.15) is 4.39 Å². The molecule has 0 aliphatic heterocycles. The summed E-state index contributed by atoms with van der Waals surface area (Å²) in [6.07, 6.45) is 1.33. The number of anilines is 1. The fourth-order valence-corrected chi connectivity index (χ4v) is 4.15. The molecule has 4 rings (SSSR count). The van der Waals surface area contributed by atoms with E-state index in [1.807, 2.05) is 36.6 Å². The van der Waals surface area contributed by atoms with E-state index < -0.39 is 22.3 Å². The van der Waals surface area contributed by atoms with Crippen molar-refractivity contribution in [2.45, 2.75) is 19.9 Å². The molecule has 0 bridgehead atoms. The lowest BCUT2D eigenvalue weighted by Gasteiger charge is -2.08. The first-order valence-electron chi connectivity index (χ1n) is 9.61. The number of hydrogen-bond donors (Lipinski definition) is 1. The van der Waals surface area contributed by atoms with Gasteiger partial charge in [0.1, 0.15) is 4.83 Å². The molecule has 0 atom stereocenters. The molecule has 10 heteroatoms. The molecule has 8 nitrogen and oxygen atoms in total. The van der Waals surface area contributed by atoms with Gasteiger partial charge in [-0.05, 0) is 24.6 Å². The summed E-state index contributed by atoms with van der Waals surface area (Å²) in [6, 6.07) is 10.9. The lowest BCUT2D eigenvalue weighted by Crippen LogP contribution is -2.23. The number of hydrogen-bond acceptors (Lipinski definition) is 6. The topological polar surface area (TPSA) is 107 Å². The van der Waals surface area contributed by atoms with E-state index in [1.165, 1.54) is 28.3 Å². The molecule has 2 heterocycles. The molecular weight excluding hydrogens is 435 g/mol. The third kappa shape index (κ3) is 4.26. The van der Waals surface area contributed by atoms with E-state index in [-0.39, 0.29) is 24.2 Å². The van der Waals surface area contributed by atoms with Crippen LogP contribution >= 0.6 is 11.3 Å². The van der Waals surface area contributed by atoms with Gasteiger partial charge in [0.2, 0.25) is 11.7 Å². The number of nitrogens with zero attached hydrogens (tertiary/aromatic N) is 3. The van der Waals surface area contributed by atoms with Crippen LogP contribution in [0.2, 0.25) is 0 Å². The summed E-state index contributed by atoms with van der Waals surface area (Å²) < 4.78 is 14.8. The smallest absolute Gasteiger partial charge is 0.306 e. The first-order valence-corrected chi connectivity index (χ1v) is 10.5. The lowest BCUT2D eigenvalue weighted by atomic mass is 10.1. The number of halogens is 1. The minimum absolute atomic E-state index is 0.0672. The largest absolute Gasteiger partial charge is 0.326 e. The minimum Gasteiger partial charge on any atom is -0.326 e. The molecule has 0 aliphatic carbocycles. The second-order valence-corrected chi connectivity index (χ2v) is 8.02. The van der Waals surface area contributed by atoms with E-state index in [4.69, 9.17) is 0 Å². The van der Waals surface area contributed by atoms with Gasteiger partial charge in [-0.3, -0.25) is 24.3 Å². The van der Waals surface area contributed by atoms with Crippen molar-refractivity contribution in [1.29, 1.82) is 0 Å². The number of aromatic nitrogens is 2. The highest BCUT2D eigenvalue weighted by Crippen LogP contribution is 2.30. The van der Waals surface area contributed by atoms with E-state index >= 15 is 0 Å². The van der Waals surface area contributed by atoms with Crippen LogP contribution in [0.5, 0.6) is 0 Å². The number of carbonyl (C=O) groups excluding carboxylic acids is 1. The summed E-state index contributed by atoms with van der Waals surface area (Å²) in [5, 5.41) is 15.7. The Bertz CT molecular complexity index is 1400. The molecule has 1 amide bonds. The predicted octanol–water partition coefficient (Wildman–Crippen LogP) is 4.51. The molecule has 162 valence electrons. The van der Waals surface area contributed by atoms with Crippen molar-refractivity contribution in [1.82, 2.24) is 9.55 Å². The summed E-state index contributed by atoms with van der Waals surface area (Å²) >= 11 is 1.38. The zero-order valence-corrected chi connectivity index (χ0v) is 17.7. The van der Waals surface area contributed by atoms with Crippen LogP contribution in [0, 0.1) is 22.9 Å². The third-order valence-corrected chi connectivity index (χ3v) is 5.82. The molecule has 2 aromatic heterocycles. The van der Waals surface area contributed by atoms with Crippen molar-refractivity contribution >= 4 is 38.8 Å². The Labute approximate surface area is 185 Å². The number of rotatable bonds is 6. The Morgan fingerprint density at radius 3 is 2.72 bits per heavy atom. The molecule has 0 spiro atoms. The first-order chi connectivity index (χ1) is 15.3. The van der Waals surface area contributed by atoms with Crippen molar-refractivity contribution in [3.8, 4) is 11.1 Å². The summed E-state index contributed by atoms with van der Waals surface area (Å²) in [7, 11) is 0. The fraction of sp³-hybridized carbons (Fsp3) is 0.136. The van der Waals surface area contributed by atoms with Crippen LogP contribution in [0.4, 0.5) is 15.8 Å². The van der Waals surface area contributed by atoms with Crippen LogP contribution < -0.4 is 10.9 Å². The second kappa shape index (κ2) is 8.67. The monoisotopic (exact) mass is 452 g/mol. The van der Waals surface area contributed by atoms with Crippen LogP contribution in [0.3, 0.4) is 0 Å². The van der Waals surface area contributed by atoms with E-state index in [2.05, 4.69) is 10.3 Å². The van der Waals surface area contributed by atoms with Gasteiger partial charge in [-0.1, -0.05) is 29.8 Å². The van der Waals surface area contributed by atoms with Crippen molar-refractivity contribution in [2.24, 2.45) is 0 Å². The molecule has 4 aromatic rings. The van der Waals surface area contributed by atoms with Crippen LogP contribution in [0.1, 0.15) is 12.0 Å². The van der Waals surface area contributed by atoms with Gasteiger partial charge < -0.3 is 5.32 Å². The Hall–Kier alpha value is -3.92. The van der Waals surface area contributed by atoms with Crippen molar-refractivity contribution in [3.05, 3.63) is 86.0 Å². The van der Waals surface area contributed by atoms with Gasteiger partial charge in [0, 0.05) is 35.7 Å². The number of amides is 1. The van der Waals surface area contributed by atoms with Crippen molar-refractivity contribution in [2.75, 3.05) is 5.32 Å². The van der Waals surface area contributed by atoms with Gasteiger partial charge in [0.05, 0.1) is 16.6 Å². The van der Waals surface area contributed by atoms with E-state index in [0.717, 1.165) is 28.8 Å². The maximum Gasteiger partial charge on any atom is 0.306 e. The van der Waals surface area contributed by atoms with E-state index in [0.29, 0.717) is 10.2 Å². The number of nitro benzene ring substituents is 1. The number of carbonyl (C=O) groups is 1. The fourth-order valence-electron chi connectivity index (χ4n) is 3.25. The van der Waals surface area contributed by atoms with Crippen LogP contribution in [0.25, 0.3) is 21.3 Å². The maximum absolute atomic E-state index is 13.4. The molecule has 0 fully saturated rings. The summed E-state index contributed by atoms with van der Waals surface area (Å²) in [6.45, 7) is 2.05. The quantitative estimate of drug-likeness (QED) is 0.342. The first kappa shape index (κ1) is 21.3. The van der Waals surface area contributed by atoms with Crippen LogP contribution in [-0.4, -0.2) is 20.4 Å². The highest BCUT2D eigenvalue weighted by molar-refractivity contribution is 7.17. The van der Waals surface area contributed by atoms with Gasteiger partial charge in [0.15, 0.2) is 0 Å². The summed E-state index contributed by atoms with van der Waals surface area (Å²) in [5.41, 5.74) is 1.94. The molecule has 0 aliphatic rings. The van der Waals surface area contributed by atoms with Gasteiger partial charge in [-0.15, -0.1) is 11.3 Å². The van der Waals surface area contributed by atoms with Crippen molar-refractivity contribution in [3.63, 3.8) is 0 Å². The molecule has 32 heavy (non-hydrogen) atoms. The number of aryl methyl sites for hydroxylation is 2. The Balaban J connectivity index is 1.53. The molecule has 0 unspecified atom stereocenters. The third-order valence-electron chi connectivity index (χ3n) is 4.93. The van der Waals surface area contributed by atoms with Gasteiger partial charge in [-0.25, -0.2) is 4.98 Å². The zero-order chi connectivity index (χ0) is 22.8. The molecule has 2 aromatic carbocycles. The van der Waals surface area contributed by atoms with Crippen LogP contribution in [-0.2, 0) is 11.3 Å². The molecule has 0 radical (unpaired) electrons. The standard InChI is InChI=1S/C22H17FN4O4S/c1-13-2-4-14(5-3-13)16-11-32-21-20(16)22(29)26(12-24-21)9-8-19(28)25-15-6-7-17(23)18(10-15)27(30)31/h2-7,10-12H,8-9H2,1H3,(H,25,28). The number of nitrogens with one attached hydrogen (secondary N) is 1. The molecule has 0 saturated carbocycles. The highest BCUT2D eigenvalue weighted by atomic mass is 32.1. The molecule has 1 N–H and O–H groups in total.